The highest BCUT2D eigenvalue weighted by Crippen LogP contribution is 2.35. The topological polar surface area (TPSA) is 75.5 Å². The summed E-state index contributed by atoms with van der Waals surface area (Å²) in [6.07, 6.45) is 7.54. The molecule has 3 aliphatic rings. The molecule has 1 saturated heterocycles. The van der Waals surface area contributed by atoms with E-state index in [0.29, 0.717) is 31.9 Å². The van der Waals surface area contributed by atoms with E-state index in [2.05, 4.69) is 4.98 Å². The zero-order valence-electron chi connectivity index (χ0n) is 15.7. The van der Waals surface area contributed by atoms with Crippen LogP contribution in [0.15, 0.2) is 41.5 Å². The van der Waals surface area contributed by atoms with Crippen molar-refractivity contribution in [2.75, 3.05) is 28.8 Å². The van der Waals surface area contributed by atoms with Gasteiger partial charge in [0.15, 0.2) is 5.82 Å². The first-order chi connectivity index (χ1) is 13.6. The molecule has 1 aliphatic carbocycles. The zero-order valence-corrected chi connectivity index (χ0v) is 16.5. The van der Waals surface area contributed by atoms with Gasteiger partial charge in [-0.15, -0.1) is 0 Å². The average molecular weight is 401 g/mol. The van der Waals surface area contributed by atoms with Gasteiger partial charge in [-0.1, -0.05) is 18.2 Å². The number of benzene rings is 1. The molecule has 1 saturated carbocycles. The average Bonchev–Trinajstić information content (AvgIpc) is 3.46. The lowest BCUT2D eigenvalue weighted by molar-refractivity contribution is 0.524. The standard InChI is InChI=1S/C20H24N4O3S/c25-20-19(21-10-13-23(20)16-7-8-16)22-11-3-5-17(14-22)28(26,27)24-12-9-15-4-1-2-6-18(15)24/h1-2,4,6,10,13,16-17H,3,5,7-9,11-12,14H2. The molecule has 1 aromatic heterocycles. The molecular weight excluding hydrogens is 376 g/mol. The van der Waals surface area contributed by atoms with Crippen LogP contribution >= 0.6 is 0 Å². The molecule has 0 N–H and O–H groups in total. The zero-order chi connectivity index (χ0) is 19.3. The quantitative estimate of drug-likeness (QED) is 0.784. The van der Waals surface area contributed by atoms with Gasteiger partial charge in [0.25, 0.3) is 5.56 Å². The Morgan fingerprint density at radius 2 is 1.89 bits per heavy atom. The summed E-state index contributed by atoms with van der Waals surface area (Å²) in [5.74, 6) is 0.385. The van der Waals surface area contributed by atoms with Crippen LogP contribution in [0.25, 0.3) is 0 Å². The van der Waals surface area contributed by atoms with Crippen molar-refractivity contribution >= 4 is 21.5 Å². The fourth-order valence-corrected chi connectivity index (χ4v) is 6.39. The van der Waals surface area contributed by atoms with Gasteiger partial charge in [-0.25, -0.2) is 13.4 Å². The first-order valence-corrected chi connectivity index (χ1v) is 11.5. The van der Waals surface area contributed by atoms with E-state index in [1.165, 1.54) is 0 Å². The molecule has 2 fully saturated rings. The Morgan fingerprint density at radius 3 is 2.71 bits per heavy atom. The van der Waals surface area contributed by atoms with Crippen molar-refractivity contribution in [1.29, 1.82) is 0 Å². The number of sulfonamides is 1. The fourth-order valence-electron chi connectivity index (χ4n) is 4.40. The van der Waals surface area contributed by atoms with E-state index in [1.807, 2.05) is 29.2 Å². The molecule has 1 atom stereocenters. The van der Waals surface area contributed by atoms with E-state index >= 15 is 0 Å². The number of aromatic nitrogens is 2. The highest BCUT2D eigenvalue weighted by Gasteiger charge is 2.39. The molecule has 0 bridgehead atoms. The van der Waals surface area contributed by atoms with Crippen LogP contribution in [0.4, 0.5) is 11.5 Å². The van der Waals surface area contributed by atoms with E-state index < -0.39 is 15.3 Å². The van der Waals surface area contributed by atoms with Gasteiger partial charge in [-0.05, 0) is 43.7 Å². The fraction of sp³-hybridized carbons (Fsp3) is 0.500. The highest BCUT2D eigenvalue weighted by atomic mass is 32.2. The Morgan fingerprint density at radius 1 is 1.07 bits per heavy atom. The summed E-state index contributed by atoms with van der Waals surface area (Å²) in [5, 5.41) is -0.525. The Kier molecular flexibility index (Phi) is 4.19. The number of nitrogens with zero attached hydrogens (tertiary/aromatic N) is 4. The van der Waals surface area contributed by atoms with Crippen LogP contribution < -0.4 is 14.8 Å². The van der Waals surface area contributed by atoms with Crippen molar-refractivity contribution in [3.05, 3.63) is 52.6 Å². The van der Waals surface area contributed by atoms with Gasteiger partial charge in [0, 0.05) is 38.1 Å². The molecular formula is C20H24N4O3S. The van der Waals surface area contributed by atoms with Gasteiger partial charge in [0.05, 0.1) is 10.9 Å². The summed E-state index contributed by atoms with van der Waals surface area (Å²) >= 11 is 0. The molecule has 8 heteroatoms. The molecule has 5 rings (SSSR count). The highest BCUT2D eigenvalue weighted by molar-refractivity contribution is 7.93. The molecule has 1 aromatic carbocycles. The number of rotatable bonds is 4. The molecule has 0 amide bonds. The van der Waals surface area contributed by atoms with Crippen LogP contribution in [0.3, 0.4) is 0 Å². The number of piperidine rings is 1. The van der Waals surface area contributed by atoms with Crippen molar-refractivity contribution in [2.45, 2.75) is 43.4 Å². The Bertz CT molecular complexity index is 1060. The smallest absolute Gasteiger partial charge is 0.293 e. The number of hydrogen-bond donors (Lipinski definition) is 0. The third-order valence-electron chi connectivity index (χ3n) is 6.04. The Balaban J connectivity index is 1.42. The van der Waals surface area contributed by atoms with Gasteiger partial charge in [-0.3, -0.25) is 9.10 Å². The van der Waals surface area contributed by atoms with E-state index in [9.17, 15) is 13.2 Å². The van der Waals surface area contributed by atoms with E-state index in [4.69, 9.17) is 0 Å². The molecule has 0 radical (unpaired) electrons. The predicted octanol–water partition coefficient (Wildman–Crippen LogP) is 1.94. The maximum Gasteiger partial charge on any atom is 0.293 e. The maximum atomic E-state index is 13.4. The summed E-state index contributed by atoms with van der Waals surface area (Å²) < 4.78 is 30.1. The normalized spacial score (nSPS) is 22.4. The molecule has 2 aromatic rings. The number of anilines is 2. The second-order valence-electron chi connectivity index (χ2n) is 7.90. The van der Waals surface area contributed by atoms with E-state index in [-0.39, 0.29) is 11.6 Å². The van der Waals surface area contributed by atoms with Crippen molar-refractivity contribution in [2.24, 2.45) is 0 Å². The molecule has 148 valence electrons. The SMILES string of the molecule is O=c1c(N2CCCC(S(=O)(=O)N3CCc4ccccc43)C2)nccn1C1CC1. The van der Waals surface area contributed by atoms with Crippen LogP contribution in [0, 0.1) is 0 Å². The largest absolute Gasteiger partial charge is 0.351 e. The molecule has 3 heterocycles. The third kappa shape index (κ3) is 2.90. The van der Waals surface area contributed by atoms with Gasteiger partial charge in [0.1, 0.15) is 0 Å². The van der Waals surface area contributed by atoms with E-state index in [1.54, 1.807) is 21.3 Å². The first-order valence-electron chi connectivity index (χ1n) is 9.97. The summed E-state index contributed by atoms with van der Waals surface area (Å²) in [5.41, 5.74) is 1.78. The number of para-hydroxylation sites is 1. The van der Waals surface area contributed by atoms with Crippen molar-refractivity contribution in [3.63, 3.8) is 0 Å². The van der Waals surface area contributed by atoms with Crippen LogP contribution in [0.2, 0.25) is 0 Å². The monoisotopic (exact) mass is 400 g/mol. The maximum absolute atomic E-state index is 13.4. The molecule has 28 heavy (non-hydrogen) atoms. The number of hydrogen-bond acceptors (Lipinski definition) is 5. The first kappa shape index (κ1) is 17.7. The summed E-state index contributed by atoms with van der Waals surface area (Å²) in [7, 11) is -3.49. The minimum absolute atomic E-state index is 0.102. The second kappa shape index (κ2) is 6.62. The molecule has 0 spiro atoms. The lowest BCUT2D eigenvalue weighted by Gasteiger charge is -2.35. The second-order valence-corrected chi connectivity index (χ2v) is 10.0. The van der Waals surface area contributed by atoms with Crippen LogP contribution in [-0.2, 0) is 16.4 Å². The van der Waals surface area contributed by atoms with Crippen molar-refractivity contribution < 1.29 is 8.42 Å². The lowest BCUT2D eigenvalue weighted by atomic mass is 10.1. The summed E-state index contributed by atoms with van der Waals surface area (Å²) in [6, 6.07) is 7.98. The lowest BCUT2D eigenvalue weighted by Crippen LogP contribution is -2.49. The predicted molar refractivity (Wildman–Crippen MR) is 108 cm³/mol. The van der Waals surface area contributed by atoms with Crippen LogP contribution in [0.5, 0.6) is 0 Å². The van der Waals surface area contributed by atoms with Crippen LogP contribution in [0.1, 0.15) is 37.3 Å². The van der Waals surface area contributed by atoms with Gasteiger partial charge < -0.3 is 9.47 Å². The Labute approximate surface area is 164 Å². The minimum Gasteiger partial charge on any atom is -0.351 e. The molecule has 7 nitrogen and oxygen atoms in total. The summed E-state index contributed by atoms with van der Waals surface area (Å²) in [4.78, 5) is 19.0. The van der Waals surface area contributed by atoms with Crippen LogP contribution in [-0.4, -0.2) is 42.9 Å². The molecule has 2 aliphatic heterocycles. The summed E-state index contributed by atoms with van der Waals surface area (Å²) in [6.45, 7) is 1.48. The van der Waals surface area contributed by atoms with Crippen molar-refractivity contribution in [1.82, 2.24) is 9.55 Å². The Hall–Kier alpha value is -2.35. The van der Waals surface area contributed by atoms with Crippen molar-refractivity contribution in [3.8, 4) is 0 Å². The minimum atomic E-state index is -3.49. The molecule has 1 unspecified atom stereocenters. The van der Waals surface area contributed by atoms with E-state index in [0.717, 1.165) is 36.9 Å². The van der Waals surface area contributed by atoms with Gasteiger partial charge in [0.2, 0.25) is 10.0 Å². The van der Waals surface area contributed by atoms with Gasteiger partial charge in [-0.2, -0.15) is 0 Å². The third-order valence-corrected chi connectivity index (χ3v) is 8.26. The number of fused-ring (bicyclic) bond motifs is 1. The van der Waals surface area contributed by atoms with Gasteiger partial charge >= 0.3 is 0 Å².